The fourth-order valence-electron chi connectivity index (χ4n) is 2.14. The topological polar surface area (TPSA) is 62.6 Å². The van der Waals surface area contributed by atoms with Crippen LogP contribution in [0.15, 0.2) is 12.3 Å². The van der Waals surface area contributed by atoms with Gasteiger partial charge in [-0.25, -0.2) is 4.79 Å². The van der Waals surface area contributed by atoms with E-state index < -0.39 is 5.79 Å². The number of nitrogens with zero attached hydrogens (tertiary/aromatic N) is 2. The van der Waals surface area contributed by atoms with E-state index in [4.69, 9.17) is 14.2 Å². The lowest BCUT2D eigenvalue weighted by molar-refractivity contribution is -0.147. The molecule has 0 bridgehead atoms. The number of rotatable bonds is 6. The number of ether oxygens (including phenoxy) is 3. The summed E-state index contributed by atoms with van der Waals surface area (Å²) in [5.74, 6) is -0.823. The lowest BCUT2D eigenvalue weighted by Crippen LogP contribution is -2.26. The van der Waals surface area contributed by atoms with Crippen molar-refractivity contribution in [3.05, 3.63) is 18.0 Å². The molecule has 0 amide bonds. The van der Waals surface area contributed by atoms with E-state index in [0.717, 1.165) is 12.8 Å². The third-order valence-corrected chi connectivity index (χ3v) is 3.10. The molecule has 2 rings (SSSR count). The molecule has 19 heavy (non-hydrogen) atoms. The Bertz CT molecular complexity index is 424. The average molecular weight is 268 g/mol. The molecule has 6 nitrogen and oxygen atoms in total. The van der Waals surface area contributed by atoms with Crippen molar-refractivity contribution in [3.8, 4) is 0 Å². The molecule has 2 heterocycles. The van der Waals surface area contributed by atoms with Crippen molar-refractivity contribution in [2.45, 2.75) is 39.0 Å². The molecule has 1 aliphatic rings. The van der Waals surface area contributed by atoms with Crippen molar-refractivity contribution in [3.63, 3.8) is 0 Å². The molecule has 0 N–H and O–H groups in total. The molecule has 0 aromatic carbocycles. The highest BCUT2D eigenvalue weighted by Crippen LogP contribution is 2.24. The van der Waals surface area contributed by atoms with Gasteiger partial charge in [-0.1, -0.05) is 0 Å². The van der Waals surface area contributed by atoms with Crippen molar-refractivity contribution in [2.24, 2.45) is 0 Å². The summed E-state index contributed by atoms with van der Waals surface area (Å²) >= 11 is 0. The van der Waals surface area contributed by atoms with Gasteiger partial charge in [0.1, 0.15) is 5.69 Å². The molecule has 1 saturated heterocycles. The predicted octanol–water partition coefficient (Wildman–Crippen LogP) is 1.60. The highest BCUT2D eigenvalue weighted by atomic mass is 16.7. The molecule has 1 aliphatic heterocycles. The minimum absolute atomic E-state index is 0.334. The summed E-state index contributed by atoms with van der Waals surface area (Å²) < 4.78 is 17.7. The molecule has 0 spiro atoms. The predicted molar refractivity (Wildman–Crippen MR) is 67.7 cm³/mol. The molecule has 106 valence electrons. The van der Waals surface area contributed by atoms with Gasteiger partial charge in [0.15, 0.2) is 5.79 Å². The van der Waals surface area contributed by atoms with Gasteiger partial charge in [0.25, 0.3) is 0 Å². The van der Waals surface area contributed by atoms with Crippen LogP contribution in [-0.2, 0) is 20.8 Å². The van der Waals surface area contributed by atoms with Crippen LogP contribution in [-0.4, -0.2) is 41.4 Å². The van der Waals surface area contributed by atoms with Gasteiger partial charge in [-0.15, -0.1) is 0 Å². The van der Waals surface area contributed by atoms with Gasteiger partial charge in [0, 0.05) is 19.2 Å². The Morgan fingerprint density at radius 2 is 2.26 bits per heavy atom. The molecule has 0 radical (unpaired) electrons. The molecule has 1 aromatic heterocycles. The van der Waals surface area contributed by atoms with Crippen LogP contribution in [0.4, 0.5) is 0 Å². The highest BCUT2D eigenvalue weighted by molar-refractivity contribution is 5.87. The number of hydrogen-bond acceptors (Lipinski definition) is 5. The monoisotopic (exact) mass is 268 g/mol. The zero-order valence-electron chi connectivity index (χ0n) is 11.4. The summed E-state index contributed by atoms with van der Waals surface area (Å²) in [5, 5.41) is 4.14. The van der Waals surface area contributed by atoms with Gasteiger partial charge < -0.3 is 14.2 Å². The Labute approximate surface area is 112 Å². The lowest BCUT2D eigenvalue weighted by atomic mass is 10.1. The zero-order valence-corrected chi connectivity index (χ0v) is 11.4. The van der Waals surface area contributed by atoms with Crippen LogP contribution < -0.4 is 0 Å². The molecular weight excluding hydrogens is 248 g/mol. The Balaban J connectivity index is 1.86. The van der Waals surface area contributed by atoms with Crippen molar-refractivity contribution in [1.29, 1.82) is 0 Å². The number of aromatic nitrogens is 2. The Hall–Kier alpha value is -1.40. The van der Waals surface area contributed by atoms with Crippen molar-refractivity contribution >= 4 is 5.97 Å². The first kappa shape index (κ1) is 14.0. The SMILES string of the molecule is CCOC(=O)c1ccnn1CCCC1(C)OCCO1. The molecule has 0 aliphatic carbocycles. The quantitative estimate of drug-likeness (QED) is 0.733. The first-order chi connectivity index (χ1) is 9.14. The fraction of sp³-hybridized carbons (Fsp3) is 0.692. The average Bonchev–Trinajstić information content (AvgIpc) is 2.99. The van der Waals surface area contributed by atoms with Crippen LogP contribution in [0.3, 0.4) is 0 Å². The second-order valence-corrected chi connectivity index (χ2v) is 4.59. The summed E-state index contributed by atoms with van der Waals surface area (Å²) in [6.07, 6.45) is 3.20. The maximum absolute atomic E-state index is 11.7. The van der Waals surface area contributed by atoms with Crippen molar-refractivity contribution < 1.29 is 19.0 Å². The number of esters is 1. The van der Waals surface area contributed by atoms with E-state index in [9.17, 15) is 4.79 Å². The molecular formula is C13H20N2O4. The Kier molecular flexibility index (Phi) is 4.55. The van der Waals surface area contributed by atoms with E-state index in [-0.39, 0.29) is 5.97 Å². The van der Waals surface area contributed by atoms with Gasteiger partial charge in [-0.3, -0.25) is 4.68 Å². The second kappa shape index (κ2) is 6.16. The van der Waals surface area contributed by atoms with Gasteiger partial charge in [-0.05, 0) is 26.3 Å². The van der Waals surface area contributed by atoms with E-state index >= 15 is 0 Å². The number of carbonyl (C=O) groups is 1. The number of hydrogen-bond donors (Lipinski definition) is 0. The third kappa shape index (κ3) is 3.54. The maximum atomic E-state index is 11.7. The second-order valence-electron chi connectivity index (χ2n) is 4.59. The van der Waals surface area contributed by atoms with Crippen LogP contribution >= 0.6 is 0 Å². The van der Waals surface area contributed by atoms with E-state index in [0.29, 0.717) is 32.1 Å². The molecule has 1 fully saturated rings. The van der Waals surface area contributed by atoms with Crippen LogP contribution in [0.5, 0.6) is 0 Å². The number of carbonyl (C=O) groups excluding carboxylic acids is 1. The first-order valence-electron chi connectivity index (χ1n) is 6.61. The van der Waals surface area contributed by atoms with Gasteiger partial charge in [0.05, 0.1) is 19.8 Å². The molecule has 0 saturated carbocycles. The van der Waals surface area contributed by atoms with E-state index in [1.54, 1.807) is 23.9 Å². The number of aryl methyl sites for hydroxylation is 1. The molecule has 1 aromatic rings. The maximum Gasteiger partial charge on any atom is 0.356 e. The molecule has 6 heteroatoms. The van der Waals surface area contributed by atoms with Crippen LogP contribution in [0.25, 0.3) is 0 Å². The molecule has 0 unspecified atom stereocenters. The van der Waals surface area contributed by atoms with Gasteiger partial charge >= 0.3 is 5.97 Å². The summed E-state index contributed by atoms with van der Waals surface area (Å²) in [6.45, 7) is 6.02. The zero-order chi connectivity index (χ0) is 13.7. The summed E-state index contributed by atoms with van der Waals surface area (Å²) in [5.41, 5.74) is 0.486. The third-order valence-electron chi connectivity index (χ3n) is 3.10. The normalized spacial score (nSPS) is 17.6. The van der Waals surface area contributed by atoms with E-state index in [1.807, 2.05) is 6.92 Å². The largest absolute Gasteiger partial charge is 0.461 e. The fourth-order valence-corrected chi connectivity index (χ4v) is 2.14. The van der Waals surface area contributed by atoms with Gasteiger partial charge in [-0.2, -0.15) is 5.10 Å². The Morgan fingerprint density at radius 1 is 1.53 bits per heavy atom. The highest BCUT2D eigenvalue weighted by Gasteiger charge is 2.30. The van der Waals surface area contributed by atoms with Crippen LogP contribution in [0.2, 0.25) is 0 Å². The Morgan fingerprint density at radius 3 is 2.95 bits per heavy atom. The summed E-state index contributed by atoms with van der Waals surface area (Å²) in [4.78, 5) is 11.7. The van der Waals surface area contributed by atoms with Crippen LogP contribution in [0, 0.1) is 0 Å². The van der Waals surface area contributed by atoms with E-state index in [1.165, 1.54) is 0 Å². The van der Waals surface area contributed by atoms with Crippen molar-refractivity contribution in [1.82, 2.24) is 9.78 Å². The molecule has 0 atom stereocenters. The van der Waals surface area contributed by atoms with Gasteiger partial charge in [0.2, 0.25) is 0 Å². The minimum Gasteiger partial charge on any atom is -0.461 e. The van der Waals surface area contributed by atoms with Crippen LogP contribution in [0.1, 0.15) is 37.2 Å². The van der Waals surface area contributed by atoms with Crippen molar-refractivity contribution in [2.75, 3.05) is 19.8 Å². The summed E-state index contributed by atoms with van der Waals surface area (Å²) in [6, 6.07) is 1.67. The first-order valence-corrected chi connectivity index (χ1v) is 6.61. The summed E-state index contributed by atoms with van der Waals surface area (Å²) in [7, 11) is 0. The smallest absolute Gasteiger partial charge is 0.356 e. The minimum atomic E-state index is -0.489. The lowest BCUT2D eigenvalue weighted by Gasteiger charge is -2.22. The van der Waals surface area contributed by atoms with E-state index in [2.05, 4.69) is 5.10 Å². The standard InChI is InChI=1S/C13H20N2O4/c1-3-17-12(16)11-5-7-14-15(11)8-4-6-13(2)18-9-10-19-13/h5,7H,3-4,6,8-10H2,1-2H3.